The molecule has 1 N–H and O–H groups in total. The summed E-state index contributed by atoms with van der Waals surface area (Å²) in [5.74, 6) is 7.30. The molecule has 32 heavy (non-hydrogen) atoms. The quantitative estimate of drug-likeness (QED) is 0.389. The van der Waals surface area contributed by atoms with E-state index in [0.717, 1.165) is 44.5 Å². The predicted molar refractivity (Wildman–Crippen MR) is 128 cm³/mol. The van der Waals surface area contributed by atoms with Crippen LogP contribution >= 0.6 is 11.3 Å². The van der Waals surface area contributed by atoms with Crippen LogP contribution in [0.1, 0.15) is 35.5 Å². The molecule has 0 atom stereocenters. The van der Waals surface area contributed by atoms with Gasteiger partial charge in [-0.2, -0.15) is 0 Å². The molecule has 0 saturated carbocycles. The minimum Gasteiger partial charge on any atom is -0.466 e. The molecule has 2 aromatic heterocycles. The second-order valence-electron chi connectivity index (χ2n) is 7.02. The van der Waals surface area contributed by atoms with Gasteiger partial charge < -0.3 is 14.8 Å². The number of hydrogen-bond acceptors (Lipinski definition) is 7. The van der Waals surface area contributed by atoms with Crippen molar-refractivity contribution in [3.8, 4) is 22.5 Å². The zero-order chi connectivity index (χ0) is 22.9. The molecule has 0 aliphatic heterocycles. The van der Waals surface area contributed by atoms with Gasteiger partial charge >= 0.3 is 5.97 Å². The lowest BCUT2D eigenvalue weighted by Crippen LogP contribution is -2.07. The van der Waals surface area contributed by atoms with Gasteiger partial charge in [-0.1, -0.05) is 30.9 Å². The van der Waals surface area contributed by atoms with Crippen molar-refractivity contribution in [3.63, 3.8) is 0 Å². The first-order valence-corrected chi connectivity index (χ1v) is 11.3. The summed E-state index contributed by atoms with van der Waals surface area (Å²) in [4.78, 5) is 23.1. The molecule has 0 radical (unpaired) electrons. The van der Waals surface area contributed by atoms with Crippen LogP contribution in [0, 0.1) is 18.8 Å². The van der Waals surface area contributed by atoms with Crippen molar-refractivity contribution < 1.29 is 14.3 Å². The molecule has 6 nitrogen and oxygen atoms in total. The predicted octanol–water partition coefficient (Wildman–Crippen LogP) is 4.92. The molecule has 0 bridgehead atoms. The highest BCUT2D eigenvalue weighted by molar-refractivity contribution is 7.15. The standard InChI is InChI=1S/C25H27N3O3S/c1-5-21-17(3)26-25(22-14-13-20(32-22)8-7-15-30-4)28-24(21)27-19-11-9-18(10-12-19)16-23(29)31-6-2/h9-14H,5-6,15-16H2,1-4H3,(H,26,27,28). The summed E-state index contributed by atoms with van der Waals surface area (Å²) in [5.41, 5.74) is 3.82. The van der Waals surface area contributed by atoms with Gasteiger partial charge in [0.05, 0.1) is 22.8 Å². The van der Waals surface area contributed by atoms with Crippen molar-refractivity contribution in [3.05, 3.63) is 58.1 Å². The first-order chi connectivity index (χ1) is 15.5. The molecule has 0 spiro atoms. The van der Waals surface area contributed by atoms with Crippen LogP contribution in [0.3, 0.4) is 0 Å². The smallest absolute Gasteiger partial charge is 0.310 e. The number of aromatic nitrogens is 2. The fourth-order valence-electron chi connectivity index (χ4n) is 3.17. The summed E-state index contributed by atoms with van der Waals surface area (Å²) in [6.07, 6.45) is 1.08. The van der Waals surface area contributed by atoms with E-state index in [0.29, 0.717) is 19.0 Å². The van der Waals surface area contributed by atoms with Crippen molar-refractivity contribution in [2.45, 2.75) is 33.6 Å². The topological polar surface area (TPSA) is 73.3 Å². The van der Waals surface area contributed by atoms with E-state index in [-0.39, 0.29) is 12.4 Å². The van der Waals surface area contributed by atoms with Crippen LogP contribution in [0.5, 0.6) is 0 Å². The molecule has 0 aliphatic carbocycles. The van der Waals surface area contributed by atoms with Crippen LogP contribution < -0.4 is 5.32 Å². The van der Waals surface area contributed by atoms with E-state index in [2.05, 4.69) is 24.1 Å². The average molecular weight is 450 g/mol. The highest BCUT2D eigenvalue weighted by Crippen LogP contribution is 2.29. The van der Waals surface area contributed by atoms with Crippen LogP contribution in [-0.4, -0.2) is 36.3 Å². The second kappa shape index (κ2) is 11.4. The Kier molecular flexibility index (Phi) is 8.37. The number of thiophene rings is 1. The van der Waals surface area contributed by atoms with Crippen molar-refractivity contribution in [1.82, 2.24) is 9.97 Å². The van der Waals surface area contributed by atoms with Gasteiger partial charge in [0.25, 0.3) is 0 Å². The van der Waals surface area contributed by atoms with E-state index in [4.69, 9.17) is 19.4 Å². The SMILES string of the molecule is CCOC(=O)Cc1ccc(Nc2nc(-c3ccc(C#CCOC)s3)nc(C)c2CC)cc1. The third-order valence-electron chi connectivity index (χ3n) is 4.69. The van der Waals surface area contributed by atoms with E-state index in [1.807, 2.05) is 43.3 Å². The van der Waals surface area contributed by atoms with E-state index in [1.165, 1.54) is 0 Å². The maximum atomic E-state index is 11.7. The van der Waals surface area contributed by atoms with Gasteiger partial charge in [0.2, 0.25) is 0 Å². The Bertz CT molecular complexity index is 1130. The van der Waals surface area contributed by atoms with Crippen LogP contribution in [0.4, 0.5) is 11.5 Å². The van der Waals surface area contributed by atoms with Gasteiger partial charge in [0.15, 0.2) is 5.82 Å². The maximum absolute atomic E-state index is 11.7. The van der Waals surface area contributed by atoms with Gasteiger partial charge in [-0.25, -0.2) is 9.97 Å². The first-order valence-electron chi connectivity index (χ1n) is 10.5. The Labute approximate surface area is 193 Å². The molecular formula is C25H27N3O3S. The lowest BCUT2D eigenvalue weighted by molar-refractivity contribution is -0.142. The number of hydrogen-bond donors (Lipinski definition) is 1. The lowest BCUT2D eigenvalue weighted by atomic mass is 10.1. The third-order valence-corrected chi connectivity index (χ3v) is 5.69. The molecular weight excluding hydrogens is 422 g/mol. The molecule has 0 unspecified atom stereocenters. The van der Waals surface area contributed by atoms with Gasteiger partial charge in [-0.15, -0.1) is 11.3 Å². The molecule has 3 aromatic rings. The fraction of sp³-hybridized carbons (Fsp3) is 0.320. The maximum Gasteiger partial charge on any atom is 0.310 e. The van der Waals surface area contributed by atoms with Gasteiger partial charge in [-0.3, -0.25) is 4.79 Å². The number of carbonyl (C=O) groups is 1. The largest absolute Gasteiger partial charge is 0.466 e. The summed E-state index contributed by atoms with van der Waals surface area (Å²) >= 11 is 1.56. The van der Waals surface area contributed by atoms with Gasteiger partial charge in [0.1, 0.15) is 12.4 Å². The Morgan fingerprint density at radius 1 is 1.12 bits per heavy atom. The van der Waals surface area contributed by atoms with Gasteiger partial charge in [0, 0.05) is 24.1 Å². The number of methoxy groups -OCH3 is 1. The van der Waals surface area contributed by atoms with Crippen molar-refractivity contribution in [2.24, 2.45) is 0 Å². The number of aryl methyl sites for hydroxylation is 1. The van der Waals surface area contributed by atoms with Crippen molar-refractivity contribution in [2.75, 3.05) is 25.6 Å². The number of ether oxygens (including phenoxy) is 2. The molecule has 0 amide bonds. The van der Waals surface area contributed by atoms with Crippen molar-refractivity contribution in [1.29, 1.82) is 0 Å². The Balaban J connectivity index is 1.83. The number of esters is 1. The van der Waals surface area contributed by atoms with Crippen LogP contribution in [0.25, 0.3) is 10.7 Å². The Morgan fingerprint density at radius 2 is 1.91 bits per heavy atom. The number of benzene rings is 1. The van der Waals surface area contributed by atoms with Crippen LogP contribution in [0.15, 0.2) is 36.4 Å². The Morgan fingerprint density at radius 3 is 2.59 bits per heavy atom. The third kappa shape index (κ3) is 6.16. The number of carbonyl (C=O) groups excluding carboxylic acids is 1. The molecule has 0 saturated heterocycles. The molecule has 0 aliphatic rings. The lowest BCUT2D eigenvalue weighted by Gasteiger charge is -2.14. The molecule has 2 heterocycles. The van der Waals surface area contributed by atoms with E-state index in [1.54, 1.807) is 25.4 Å². The summed E-state index contributed by atoms with van der Waals surface area (Å²) in [6, 6.07) is 11.7. The number of nitrogens with zero attached hydrogens (tertiary/aromatic N) is 2. The van der Waals surface area contributed by atoms with E-state index >= 15 is 0 Å². The fourth-order valence-corrected chi connectivity index (χ4v) is 3.99. The average Bonchev–Trinajstić information content (AvgIpc) is 3.24. The first kappa shape index (κ1) is 23.5. The number of rotatable bonds is 8. The van der Waals surface area contributed by atoms with Gasteiger partial charge in [-0.05, 0) is 50.1 Å². The summed E-state index contributed by atoms with van der Waals surface area (Å²) in [6.45, 7) is 6.69. The monoisotopic (exact) mass is 449 g/mol. The van der Waals surface area contributed by atoms with Crippen LogP contribution in [0.2, 0.25) is 0 Å². The van der Waals surface area contributed by atoms with Crippen LogP contribution in [-0.2, 0) is 27.1 Å². The summed E-state index contributed by atoms with van der Waals surface area (Å²) in [7, 11) is 1.63. The highest BCUT2D eigenvalue weighted by atomic mass is 32.1. The zero-order valence-corrected chi connectivity index (χ0v) is 19.6. The number of anilines is 2. The number of nitrogens with one attached hydrogen (secondary N) is 1. The summed E-state index contributed by atoms with van der Waals surface area (Å²) < 4.78 is 10.00. The van der Waals surface area contributed by atoms with Crippen molar-refractivity contribution >= 4 is 28.8 Å². The minimum absolute atomic E-state index is 0.222. The minimum atomic E-state index is -0.222. The Hall–Kier alpha value is -3.21. The highest BCUT2D eigenvalue weighted by Gasteiger charge is 2.14. The zero-order valence-electron chi connectivity index (χ0n) is 18.8. The summed E-state index contributed by atoms with van der Waals surface area (Å²) in [5, 5.41) is 3.42. The molecule has 3 rings (SSSR count). The van der Waals surface area contributed by atoms with E-state index < -0.39 is 0 Å². The second-order valence-corrected chi connectivity index (χ2v) is 8.10. The normalized spacial score (nSPS) is 10.4. The molecule has 0 fully saturated rings. The van der Waals surface area contributed by atoms with E-state index in [9.17, 15) is 4.79 Å². The molecule has 7 heteroatoms. The molecule has 166 valence electrons. The molecule has 1 aromatic carbocycles.